The van der Waals surface area contributed by atoms with Crippen LogP contribution in [-0.4, -0.2) is 33.9 Å². The van der Waals surface area contributed by atoms with Crippen molar-refractivity contribution < 1.29 is 9.50 Å². The number of nitrogens with zero attached hydrogens (tertiary/aromatic N) is 2. The first kappa shape index (κ1) is 18.6. The van der Waals surface area contributed by atoms with E-state index in [-0.39, 0.29) is 11.5 Å². The number of halogens is 1. The lowest BCUT2D eigenvalue weighted by atomic mass is 9.93. The monoisotopic (exact) mass is 359 g/mol. The smallest absolute Gasteiger partial charge is 0.329 e. The van der Waals surface area contributed by atoms with E-state index >= 15 is 0 Å². The number of hydrogen-bond donors (Lipinski definition) is 2. The summed E-state index contributed by atoms with van der Waals surface area (Å²) in [4.78, 5) is 13.2. The zero-order chi connectivity index (χ0) is 18.7. The average Bonchev–Trinajstić information content (AvgIpc) is 2.89. The van der Waals surface area contributed by atoms with Gasteiger partial charge in [-0.05, 0) is 50.1 Å². The summed E-state index contributed by atoms with van der Waals surface area (Å²) in [5.74, 6) is -0.390. The number of aliphatic hydroxyl groups excluding tert-OH is 1. The lowest BCUT2D eigenvalue weighted by molar-refractivity contribution is 0.127. The molecule has 0 aliphatic heterocycles. The molecule has 1 aliphatic rings. The van der Waals surface area contributed by atoms with Gasteiger partial charge in [-0.25, -0.2) is 9.18 Å². The number of aryl methyl sites for hydroxylation is 1. The van der Waals surface area contributed by atoms with Gasteiger partial charge in [0.15, 0.2) is 0 Å². The van der Waals surface area contributed by atoms with Crippen molar-refractivity contribution in [1.82, 2.24) is 14.5 Å². The second-order valence-corrected chi connectivity index (χ2v) is 6.72. The molecule has 2 aromatic rings. The van der Waals surface area contributed by atoms with E-state index in [1.807, 2.05) is 19.1 Å². The SMILES string of the molecule is CCCn1c(=O)n([C@@H](C2=CC=CCC2)C(O)CNC)c2cc(F)ccc21. The van der Waals surface area contributed by atoms with Crippen LogP contribution < -0.4 is 11.0 Å². The quantitative estimate of drug-likeness (QED) is 0.799. The van der Waals surface area contributed by atoms with Crippen LogP contribution in [0.2, 0.25) is 0 Å². The molecule has 0 amide bonds. The molecule has 0 bridgehead atoms. The number of aliphatic hydroxyl groups is 1. The van der Waals surface area contributed by atoms with Gasteiger partial charge >= 0.3 is 5.69 Å². The van der Waals surface area contributed by atoms with Gasteiger partial charge in [0, 0.05) is 13.1 Å². The highest BCUT2D eigenvalue weighted by molar-refractivity contribution is 5.76. The Hall–Kier alpha value is -2.18. The second-order valence-electron chi connectivity index (χ2n) is 6.72. The van der Waals surface area contributed by atoms with Gasteiger partial charge in [0.1, 0.15) is 5.82 Å². The predicted molar refractivity (Wildman–Crippen MR) is 102 cm³/mol. The van der Waals surface area contributed by atoms with Gasteiger partial charge in [0.25, 0.3) is 0 Å². The highest BCUT2D eigenvalue weighted by atomic mass is 19.1. The minimum atomic E-state index is -0.792. The van der Waals surface area contributed by atoms with Crippen molar-refractivity contribution in [2.75, 3.05) is 13.6 Å². The van der Waals surface area contributed by atoms with Crippen LogP contribution in [0.15, 0.2) is 46.8 Å². The van der Waals surface area contributed by atoms with Crippen LogP contribution in [-0.2, 0) is 6.54 Å². The third-order valence-electron chi connectivity index (χ3n) is 4.85. The fraction of sp³-hybridized carbons (Fsp3) is 0.450. The molecule has 140 valence electrons. The van der Waals surface area contributed by atoms with Gasteiger partial charge < -0.3 is 10.4 Å². The molecule has 6 heteroatoms. The largest absolute Gasteiger partial charge is 0.389 e. The lowest BCUT2D eigenvalue weighted by Gasteiger charge is -2.28. The Balaban J connectivity index is 2.26. The maximum atomic E-state index is 14.0. The fourth-order valence-electron chi connectivity index (χ4n) is 3.74. The summed E-state index contributed by atoms with van der Waals surface area (Å²) < 4.78 is 17.2. The van der Waals surface area contributed by atoms with Crippen LogP contribution in [0.1, 0.15) is 32.2 Å². The number of benzene rings is 1. The van der Waals surface area contributed by atoms with Crippen LogP contribution in [0.25, 0.3) is 11.0 Å². The number of hydrogen-bond acceptors (Lipinski definition) is 3. The van der Waals surface area contributed by atoms with Crippen molar-refractivity contribution in [2.45, 2.75) is 44.9 Å². The molecule has 0 saturated heterocycles. The van der Waals surface area contributed by atoms with E-state index in [0.29, 0.717) is 24.1 Å². The first-order chi connectivity index (χ1) is 12.6. The van der Waals surface area contributed by atoms with Crippen molar-refractivity contribution >= 4 is 11.0 Å². The molecule has 2 atom stereocenters. The standard InChI is InChI=1S/C20H26FN3O2/c1-3-11-23-16-10-9-15(21)12-17(16)24(20(23)26)19(18(25)13-22-2)14-7-5-4-6-8-14/h4-5,7,9-10,12,18-19,22,25H,3,6,8,11,13H2,1-2H3/t18?,19-/m0/s1. The first-order valence-electron chi connectivity index (χ1n) is 9.17. The zero-order valence-electron chi connectivity index (χ0n) is 15.3. The van der Waals surface area contributed by atoms with Crippen molar-refractivity contribution in [3.8, 4) is 0 Å². The third kappa shape index (κ3) is 3.39. The van der Waals surface area contributed by atoms with Gasteiger partial charge in [-0.15, -0.1) is 0 Å². The summed E-state index contributed by atoms with van der Waals surface area (Å²) in [5.41, 5.74) is 2.01. The molecule has 2 N–H and O–H groups in total. The first-order valence-corrected chi connectivity index (χ1v) is 9.17. The van der Waals surface area contributed by atoms with E-state index < -0.39 is 12.1 Å². The Morgan fingerprint density at radius 2 is 2.15 bits per heavy atom. The number of rotatable bonds is 7. The molecular formula is C20H26FN3O2. The molecule has 0 radical (unpaired) electrons. The lowest BCUT2D eigenvalue weighted by Crippen LogP contribution is -2.39. The minimum Gasteiger partial charge on any atom is -0.389 e. The van der Waals surface area contributed by atoms with Gasteiger partial charge in [0.05, 0.1) is 23.2 Å². The summed E-state index contributed by atoms with van der Waals surface area (Å²) in [5, 5.41) is 13.8. The Morgan fingerprint density at radius 3 is 2.81 bits per heavy atom. The van der Waals surface area contributed by atoms with E-state index in [9.17, 15) is 14.3 Å². The van der Waals surface area contributed by atoms with E-state index in [1.165, 1.54) is 12.1 Å². The number of likely N-dealkylation sites (N-methyl/N-ethyl adjacent to an activating group) is 1. The number of allylic oxidation sites excluding steroid dienone is 3. The molecule has 0 fully saturated rings. The van der Waals surface area contributed by atoms with E-state index in [0.717, 1.165) is 24.8 Å². The van der Waals surface area contributed by atoms with Crippen molar-refractivity contribution in [1.29, 1.82) is 0 Å². The van der Waals surface area contributed by atoms with Gasteiger partial charge in [-0.1, -0.05) is 25.2 Å². The second kappa shape index (κ2) is 8.01. The molecule has 1 aliphatic carbocycles. The van der Waals surface area contributed by atoms with Gasteiger partial charge in [0.2, 0.25) is 0 Å². The third-order valence-corrected chi connectivity index (χ3v) is 4.85. The number of imidazole rings is 1. The Kier molecular flexibility index (Phi) is 5.74. The normalized spacial score (nSPS) is 16.7. The van der Waals surface area contributed by atoms with E-state index in [1.54, 1.807) is 22.2 Å². The number of nitrogens with one attached hydrogen (secondary N) is 1. The summed E-state index contributed by atoms with van der Waals surface area (Å²) in [7, 11) is 1.76. The molecule has 0 spiro atoms. The summed E-state index contributed by atoms with van der Waals surface area (Å²) in [6.07, 6.45) is 7.62. The molecule has 5 nitrogen and oxygen atoms in total. The van der Waals surface area contributed by atoms with Crippen molar-refractivity contribution in [2.24, 2.45) is 0 Å². The van der Waals surface area contributed by atoms with Crippen LogP contribution in [0.5, 0.6) is 0 Å². The van der Waals surface area contributed by atoms with Gasteiger partial charge in [-0.2, -0.15) is 0 Å². The maximum absolute atomic E-state index is 14.0. The molecule has 26 heavy (non-hydrogen) atoms. The highest BCUT2D eigenvalue weighted by Crippen LogP contribution is 2.30. The fourth-order valence-corrected chi connectivity index (χ4v) is 3.74. The van der Waals surface area contributed by atoms with Crippen LogP contribution in [0.3, 0.4) is 0 Å². The molecule has 1 heterocycles. The summed E-state index contributed by atoms with van der Waals surface area (Å²) >= 11 is 0. The van der Waals surface area contributed by atoms with Crippen LogP contribution in [0.4, 0.5) is 4.39 Å². The van der Waals surface area contributed by atoms with Crippen molar-refractivity contribution in [3.63, 3.8) is 0 Å². The van der Waals surface area contributed by atoms with E-state index in [4.69, 9.17) is 0 Å². The average molecular weight is 359 g/mol. The van der Waals surface area contributed by atoms with Crippen molar-refractivity contribution in [3.05, 3.63) is 58.3 Å². The van der Waals surface area contributed by atoms with Gasteiger partial charge in [-0.3, -0.25) is 9.13 Å². The summed E-state index contributed by atoms with van der Waals surface area (Å²) in [6.45, 7) is 2.90. The topological polar surface area (TPSA) is 59.2 Å². The molecule has 1 unspecified atom stereocenters. The molecule has 1 aromatic carbocycles. The van der Waals surface area contributed by atoms with Crippen LogP contribution >= 0.6 is 0 Å². The molecule has 3 rings (SSSR count). The Bertz CT molecular complexity index is 894. The zero-order valence-corrected chi connectivity index (χ0v) is 15.3. The Labute approximate surface area is 152 Å². The number of fused-ring (bicyclic) bond motifs is 1. The highest BCUT2D eigenvalue weighted by Gasteiger charge is 2.29. The Morgan fingerprint density at radius 1 is 1.35 bits per heavy atom. The predicted octanol–water partition coefficient (Wildman–Crippen LogP) is 2.75. The summed E-state index contributed by atoms with van der Waals surface area (Å²) in [6, 6.07) is 3.89. The minimum absolute atomic E-state index is 0.206. The number of aromatic nitrogens is 2. The maximum Gasteiger partial charge on any atom is 0.329 e. The molecular weight excluding hydrogens is 333 g/mol. The molecule has 1 aromatic heterocycles. The van der Waals surface area contributed by atoms with E-state index in [2.05, 4.69) is 11.4 Å². The molecule has 0 saturated carbocycles. The van der Waals surface area contributed by atoms with Crippen LogP contribution in [0, 0.1) is 5.82 Å².